The summed E-state index contributed by atoms with van der Waals surface area (Å²) >= 11 is 0. The summed E-state index contributed by atoms with van der Waals surface area (Å²) in [7, 11) is 1.67. The number of aliphatic imine (C=N–C) groups is 1. The molecule has 2 aliphatic rings. The highest BCUT2D eigenvalue weighted by atomic mass is 16.2. The summed E-state index contributed by atoms with van der Waals surface area (Å²) in [5.74, 6) is 0.624. The first-order valence-electron chi connectivity index (χ1n) is 8.53. The van der Waals surface area contributed by atoms with Crippen molar-refractivity contribution in [3.05, 3.63) is 59.2 Å². The predicted molar refractivity (Wildman–Crippen MR) is 97.8 cm³/mol. The zero-order chi connectivity index (χ0) is 17.3. The molecule has 1 aliphatic heterocycles. The third kappa shape index (κ3) is 2.88. The minimum Gasteiger partial charge on any atom is -0.369 e. The average molecular weight is 323 g/mol. The van der Waals surface area contributed by atoms with Gasteiger partial charge in [-0.15, -0.1) is 0 Å². The average Bonchev–Trinajstić information content (AvgIpc) is 2.59. The van der Waals surface area contributed by atoms with Crippen molar-refractivity contribution in [2.24, 2.45) is 10.7 Å². The van der Waals surface area contributed by atoms with Crippen molar-refractivity contribution in [2.45, 2.75) is 44.6 Å². The van der Waals surface area contributed by atoms with E-state index in [1.165, 1.54) is 16.0 Å². The van der Waals surface area contributed by atoms with E-state index in [2.05, 4.69) is 54.4 Å². The fraction of sp³-hybridized carbons (Fsp3) is 0.400. The Balaban J connectivity index is 1.98. The van der Waals surface area contributed by atoms with Gasteiger partial charge >= 0.3 is 0 Å². The van der Waals surface area contributed by atoms with Gasteiger partial charge in [0.15, 0.2) is 5.96 Å². The molecule has 0 saturated heterocycles. The van der Waals surface area contributed by atoms with Gasteiger partial charge in [-0.25, -0.2) is 4.99 Å². The lowest BCUT2D eigenvalue weighted by atomic mass is 9.79. The van der Waals surface area contributed by atoms with Crippen LogP contribution in [0.25, 0.3) is 0 Å². The number of nitrogens with zero attached hydrogens (tertiary/aromatic N) is 2. The number of amides is 1. The number of allylic oxidation sites excluding steroid dienone is 2. The van der Waals surface area contributed by atoms with Crippen LogP contribution < -0.4 is 5.73 Å². The Morgan fingerprint density at radius 2 is 2.12 bits per heavy atom. The van der Waals surface area contributed by atoms with Gasteiger partial charge in [0, 0.05) is 13.0 Å². The molecule has 1 amide bonds. The van der Waals surface area contributed by atoms with Crippen molar-refractivity contribution in [1.29, 1.82) is 0 Å². The number of hydrogen-bond acceptors (Lipinski definition) is 3. The molecule has 0 spiro atoms. The lowest BCUT2D eigenvalue weighted by Crippen LogP contribution is -2.49. The molecule has 3 rings (SSSR count). The first-order chi connectivity index (χ1) is 11.4. The SMILES string of the molecule is CCc1ccccc1C1C=C(C2(C)CC(=O)N(C)C(N)=N2)C=CC1. The number of rotatable bonds is 3. The van der Waals surface area contributed by atoms with E-state index < -0.39 is 5.54 Å². The van der Waals surface area contributed by atoms with Gasteiger partial charge in [0.25, 0.3) is 0 Å². The van der Waals surface area contributed by atoms with Crippen LogP contribution in [0.3, 0.4) is 0 Å². The highest BCUT2D eigenvalue weighted by Gasteiger charge is 2.37. The Bertz CT molecular complexity index is 747. The molecule has 126 valence electrons. The summed E-state index contributed by atoms with van der Waals surface area (Å²) in [5, 5.41) is 0. The van der Waals surface area contributed by atoms with E-state index in [1.807, 2.05) is 6.92 Å². The van der Waals surface area contributed by atoms with E-state index in [1.54, 1.807) is 7.05 Å². The summed E-state index contributed by atoms with van der Waals surface area (Å²) in [6.07, 6.45) is 8.90. The molecule has 2 unspecified atom stereocenters. The van der Waals surface area contributed by atoms with Gasteiger partial charge in [-0.05, 0) is 36.5 Å². The van der Waals surface area contributed by atoms with E-state index in [0.29, 0.717) is 18.3 Å². The fourth-order valence-corrected chi connectivity index (χ4v) is 3.55. The Hall–Kier alpha value is -2.36. The lowest BCUT2D eigenvalue weighted by molar-refractivity contribution is -0.128. The molecule has 0 radical (unpaired) electrons. The van der Waals surface area contributed by atoms with Crippen molar-refractivity contribution >= 4 is 11.9 Å². The first kappa shape index (κ1) is 16.5. The van der Waals surface area contributed by atoms with Crippen LogP contribution in [0.15, 0.2) is 53.1 Å². The summed E-state index contributed by atoms with van der Waals surface area (Å²) in [5.41, 5.74) is 9.18. The van der Waals surface area contributed by atoms with E-state index in [4.69, 9.17) is 5.73 Å². The minimum atomic E-state index is -0.579. The van der Waals surface area contributed by atoms with Crippen molar-refractivity contribution in [1.82, 2.24) is 4.90 Å². The van der Waals surface area contributed by atoms with E-state index >= 15 is 0 Å². The summed E-state index contributed by atoms with van der Waals surface area (Å²) in [6.45, 7) is 4.18. The maximum atomic E-state index is 12.2. The molecule has 24 heavy (non-hydrogen) atoms. The molecule has 1 aromatic rings. The largest absolute Gasteiger partial charge is 0.369 e. The van der Waals surface area contributed by atoms with Crippen LogP contribution in [0.2, 0.25) is 0 Å². The molecule has 2 N–H and O–H groups in total. The third-order valence-electron chi connectivity index (χ3n) is 5.10. The van der Waals surface area contributed by atoms with Gasteiger partial charge in [0.1, 0.15) is 0 Å². The summed E-state index contributed by atoms with van der Waals surface area (Å²) < 4.78 is 0. The zero-order valence-corrected chi connectivity index (χ0v) is 14.6. The number of hydrogen-bond donors (Lipinski definition) is 1. The zero-order valence-electron chi connectivity index (χ0n) is 14.6. The Labute approximate surface area is 143 Å². The topological polar surface area (TPSA) is 58.7 Å². The Kier molecular flexibility index (Phi) is 4.31. The number of carbonyl (C=O) groups is 1. The second kappa shape index (κ2) is 6.27. The van der Waals surface area contributed by atoms with Gasteiger partial charge in [-0.3, -0.25) is 9.69 Å². The number of nitrogens with two attached hydrogens (primary N) is 1. The standard InChI is InChI=1S/C20H25N3O/c1-4-14-8-5-6-11-17(14)15-9-7-10-16(12-15)20(2)13-18(24)23(3)19(21)22-20/h5-8,10-12,15H,4,9,13H2,1-3H3,(H2,21,22). The van der Waals surface area contributed by atoms with Crippen molar-refractivity contribution in [2.75, 3.05) is 7.05 Å². The van der Waals surface area contributed by atoms with Crippen LogP contribution in [-0.4, -0.2) is 29.4 Å². The molecule has 4 heteroatoms. The molecule has 1 heterocycles. The second-order valence-corrected chi connectivity index (χ2v) is 6.79. The lowest BCUT2D eigenvalue weighted by Gasteiger charge is -2.36. The second-order valence-electron chi connectivity index (χ2n) is 6.79. The molecule has 1 aromatic carbocycles. The molecular weight excluding hydrogens is 298 g/mol. The number of benzene rings is 1. The van der Waals surface area contributed by atoms with Crippen LogP contribution in [0, 0.1) is 0 Å². The summed E-state index contributed by atoms with van der Waals surface area (Å²) in [4.78, 5) is 18.3. The van der Waals surface area contributed by atoms with Crippen molar-refractivity contribution in [3.63, 3.8) is 0 Å². The monoisotopic (exact) mass is 323 g/mol. The smallest absolute Gasteiger partial charge is 0.231 e. The molecule has 0 saturated carbocycles. The van der Waals surface area contributed by atoms with Gasteiger partial charge < -0.3 is 5.73 Å². The molecule has 2 atom stereocenters. The van der Waals surface area contributed by atoms with Crippen molar-refractivity contribution < 1.29 is 4.79 Å². The highest BCUT2D eigenvalue weighted by molar-refractivity contribution is 5.99. The fourth-order valence-electron chi connectivity index (χ4n) is 3.55. The number of aryl methyl sites for hydroxylation is 1. The third-order valence-corrected chi connectivity index (χ3v) is 5.10. The van der Waals surface area contributed by atoms with Gasteiger partial charge in [-0.1, -0.05) is 49.4 Å². The van der Waals surface area contributed by atoms with E-state index in [9.17, 15) is 4.79 Å². The molecule has 0 aromatic heterocycles. The molecule has 1 aliphatic carbocycles. The van der Waals surface area contributed by atoms with Crippen LogP contribution >= 0.6 is 0 Å². The molecule has 0 bridgehead atoms. The van der Waals surface area contributed by atoms with Crippen LogP contribution in [-0.2, 0) is 11.2 Å². The van der Waals surface area contributed by atoms with Crippen LogP contribution in [0.4, 0.5) is 0 Å². The quantitative estimate of drug-likeness (QED) is 0.929. The van der Waals surface area contributed by atoms with Crippen LogP contribution in [0.1, 0.15) is 43.7 Å². The maximum Gasteiger partial charge on any atom is 0.231 e. The van der Waals surface area contributed by atoms with Gasteiger partial charge in [-0.2, -0.15) is 0 Å². The molecular formula is C20H25N3O. The molecule has 4 nitrogen and oxygen atoms in total. The first-order valence-corrected chi connectivity index (χ1v) is 8.53. The van der Waals surface area contributed by atoms with E-state index in [0.717, 1.165) is 18.4 Å². The Morgan fingerprint density at radius 1 is 1.38 bits per heavy atom. The normalized spacial score (nSPS) is 27.0. The van der Waals surface area contributed by atoms with Gasteiger partial charge in [0.2, 0.25) is 5.91 Å². The maximum absolute atomic E-state index is 12.2. The summed E-state index contributed by atoms with van der Waals surface area (Å²) in [6, 6.07) is 8.58. The molecule has 0 fully saturated rings. The van der Waals surface area contributed by atoms with Crippen molar-refractivity contribution in [3.8, 4) is 0 Å². The van der Waals surface area contributed by atoms with Gasteiger partial charge in [0.05, 0.1) is 12.0 Å². The van der Waals surface area contributed by atoms with Crippen LogP contribution in [0.5, 0.6) is 0 Å². The van der Waals surface area contributed by atoms with E-state index in [-0.39, 0.29) is 5.91 Å². The minimum absolute atomic E-state index is 0.00961. The number of guanidine groups is 1. The predicted octanol–water partition coefficient (Wildman–Crippen LogP) is 3.15. The number of carbonyl (C=O) groups excluding carboxylic acids is 1. The Morgan fingerprint density at radius 3 is 2.83 bits per heavy atom. The highest BCUT2D eigenvalue weighted by Crippen LogP contribution is 2.37.